The van der Waals surface area contributed by atoms with Gasteiger partial charge < -0.3 is 20.1 Å². The Kier molecular flexibility index (Phi) is 10.6. The summed E-state index contributed by atoms with van der Waals surface area (Å²) in [6, 6.07) is 15.3. The highest BCUT2D eigenvalue weighted by Gasteiger charge is 2.15. The van der Waals surface area contributed by atoms with E-state index in [2.05, 4.69) is 10.6 Å². The Balaban J connectivity index is 1.51. The van der Waals surface area contributed by atoms with Gasteiger partial charge in [0, 0.05) is 13.1 Å². The van der Waals surface area contributed by atoms with Crippen LogP contribution in [0.2, 0.25) is 0 Å². The minimum absolute atomic E-state index is 0.110. The van der Waals surface area contributed by atoms with E-state index >= 15 is 0 Å². The van der Waals surface area contributed by atoms with Crippen molar-refractivity contribution < 1.29 is 19.1 Å². The van der Waals surface area contributed by atoms with Gasteiger partial charge in [-0.1, -0.05) is 37.1 Å². The van der Waals surface area contributed by atoms with Gasteiger partial charge in [-0.2, -0.15) is 0 Å². The fourth-order valence-corrected chi connectivity index (χ4v) is 3.21. The van der Waals surface area contributed by atoms with Crippen molar-refractivity contribution >= 4 is 11.8 Å². The van der Waals surface area contributed by atoms with Gasteiger partial charge in [0.05, 0.1) is 0 Å². The van der Waals surface area contributed by atoms with E-state index in [0.29, 0.717) is 24.6 Å². The zero-order chi connectivity index (χ0) is 23.3. The number of benzene rings is 2. The molecule has 0 spiro atoms. The summed E-state index contributed by atoms with van der Waals surface area (Å²) in [5, 5.41) is 5.84. The lowest BCUT2D eigenvalue weighted by molar-refractivity contribution is -0.128. The summed E-state index contributed by atoms with van der Waals surface area (Å²) in [5.41, 5.74) is 2.19. The van der Waals surface area contributed by atoms with E-state index in [4.69, 9.17) is 9.47 Å². The molecule has 0 aliphatic carbocycles. The molecule has 0 aliphatic rings. The molecule has 0 aliphatic heterocycles. The molecule has 0 fully saturated rings. The number of hydrogen-bond donors (Lipinski definition) is 2. The molecule has 2 aromatic rings. The molecule has 2 atom stereocenters. The lowest BCUT2D eigenvalue weighted by Crippen LogP contribution is -2.37. The molecule has 174 valence electrons. The van der Waals surface area contributed by atoms with Crippen LogP contribution in [-0.4, -0.2) is 37.1 Å². The van der Waals surface area contributed by atoms with Crippen molar-refractivity contribution in [2.45, 2.75) is 65.6 Å². The van der Waals surface area contributed by atoms with Crippen LogP contribution in [0.1, 0.15) is 50.7 Å². The minimum atomic E-state index is -0.531. The Morgan fingerprint density at radius 2 is 1.12 bits per heavy atom. The first kappa shape index (κ1) is 25.2. The van der Waals surface area contributed by atoms with Crippen LogP contribution in [0.3, 0.4) is 0 Å². The van der Waals surface area contributed by atoms with Crippen molar-refractivity contribution in [2.24, 2.45) is 0 Å². The maximum absolute atomic E-state index is 12.2. The molecule has 6 heteroatoms. The highest BCUT2D eigenvalue weighted by molar-refractivity contribution is 5.81. The number of carbonyl (C=O) groups excluding carboxylic acids is 2. The average Bonchev–Trinajstić information content (AvgIpc) is 2.75. The number of unbranched alkanes of at least 4 members (excludes halogenated alkanes) is 3. The number of amides is 2. The first-order valence-electron chi connectivity index (χ1n) is 11.4. The van der Waals surface area contributed by atoms with Crippen molar-refractivity contribution in [3.63, 3.8) is 0 Å². The molecule has 2 aromatic carbocycles. The molecule has 0 heterocycles. The largest absolute Gasteiger partial charge is 0.481 e. The van der Waals surface area contributed by atoms with E-state index in [9.17, 15) is 9.59 Å². The predicted molar refractivity (Wildman–Crippen MR) is 127 cm³/mol. The molecule has 2 N–H and O–H groups in total. The average molecular weight is 441 g/mol. The van der Waals surface area contributed by atoms with Gasteiger partial charge in [0.1, 0.15) is 11.5 Å². The summed E-state index contributed by atoms with van der Waals surface area (Å²) in [6.45, 7) is 8.72. The van der Waals surface area contributed by atoms with E-state index in [1.165, 1.54) is 0 Å². The molecular formula is C26H36N2O4. The van der Waals surface area contributed by atoms with E-state index in [1.54, 1.807) is 13.8 Å². The lowest BCUT2D eigenvalue weighted by atomic mass is 10.2. The number of aryl methyl sites for hydroxylation is 2. The van der Waals surface area contributed by atoms with Crippen molar-refractivity contribution in [1.82, 2.24) is 10.6 Å². The summed E-state index contributed by atoms with van der Waals surface area (Å²) < 4.78 is 11.4. The summed E-state index contributed by atoms with van der Waals surface area (Å²) in [5.74, 6) is 1.18. The molecule has 0 radical (unpaired) electrons. The van der Waals surface area contributed by atoms with Gasteiger partial charge >= 0.3 is 0 Å². The first-order valence-corrected chi connectivity index (χ1v) is 11.4. The minimum Gasteiger partial charge on any atom is -0.481 e. The van der Waals surface area contributed by atoms with Crippen LogP contribution >= 0.6 is 0 Å². The van der Waals surface area contributed by atoms with Crippen molar-refractivity contribution in [2.75, 3.05) is 13.1 Å². The van der Waals surface area contributed by atoms with Crippen LogP contribution in [-0.2, 0) is 9.59 Å². The van der Waals surface area contributed by atoms with E-state index in [1.807, 2.05) is 62.4 Å². The molecular weight excluding hydrogens is 404 g/mol. The number of hydrogen-bond acceptors (Lipinski definition) is 4. The molecule has 2 unspecified atom stereocenters. The molecule has 0 saturated heterocycles. The Morgan fingerprint density at radius 3 is 1.50 bits per heavy atom. The van der Waals surface area contributed by atoms with Crippen molar-refractivity contribution in [1.29, 1.82) is 0 Å². The van der Waals surface area contributed by atoms with Gasteiger partial charge in [-0.3, -0.25) is 9.59 Å². The molecule has 6 nitrogen and oxygen atoms in total. The van der Waals surface area contributed by atoms with Crippen molar-refractivity contribution in [3.8, 4) is 11.5 Å². The highest BCUT2D eigenvalue weighted by Crippen LogP contribution is 2.15. The third-order valence-electron chi connectivity index (χ3n) is 5.05. The van der Waals surface area contributed by atoms with Gasteiger partial charge in [-0.15, -0.1) is 0 Å². The van der Waals surface area contributed by atoms with Crippen LogP contribution < -0.4 is 20.1 Å². The van der Waals surface area contributed by atoms with Crippen LogP contribution in [0.25, 0.3) is 0 Å². The summed E-state index contributed by atoms with van der Waals surface area (Å²) in [6.07, 6.45) is 2.69. The first-order chi connectivity index (χ1) is 15.3. The Morgan fingerprint density at radius 1 is 0.719 bits per heavy atom. The van der Waals surface area contributed by atoms with Gasteiger partial charge in [0.25, 0.3) is 11.8 Å². The zero-order valence-electron chi connectivity index (χ0n) is 19.6. The highest BCUT2D eigenvalue weighted by atomic mass is 16.5. The third-order valence-corrected chi connectivity index (χ3v) is 5.05. The van der Waals surface area contributed by atoms with Crippen molar-refractivity contribution in [3.05, 3.63) is 59.7 Å². The van der Waals surface area contributed by atoms with Gasteiger partial charge in [0.2, 0.25) is 0 Å². The molecule has 32 heavy (non-hydrogen) atoms. The number of carbonyl (C=O) groups is 2. The number of nitrogens with one attached hydrogen (secondary N) is 2. The van der Waals surface area contributed by atoms with Crippen LogP contribution in [0.5, 0.6) is 11.5 Å². The third kappa shape index (κ3) is 9.41. The number of ether oxygens (including phenoxy) is 2. The van der Waals surface area contributed by atoms with Crippen LogP contribution in [0, 0.1) is 13.8 Å². The SMILES string of the molecule is Cc1cccc(OC(C)C(=O)NCCCCCCNC(=O)C(C)Oc2cccc(C)c2)c1. The van der Waals surface area contributed by atoms with E-state index in [-0.39, 0.29) is 11.8 Å². The quantitative estimate of drug-likeness (QED) is 0.455. The fraction of sp³-hybridized carbons (Fsp3) is 0.462. The van der Waals surface area contributed by atoms with E-state index < -0.39 is 12.2 Å². The topological polar surface area (TPSA) is 76.7 Å². The Hall–Kier alpha value is -3.02. The standard InChI is InChI=1S/C26H36N2O4/c1-19-11-9-13-23(17-19)31-21(3)25(29)27-15-7-5-6-8-16-28-26(30)22(4)32-24-14-10-12-20(2)18-24/h9-14,17-18,21-22H,5-8,15-16H2,1-4H3,(H,27,29)(H,28,30). The molecule has 0 bridgehead atoms. The Bertz CT molecular complexity index is 797. The number of rotatable bonds is 13. The zero-order valence-corrected chi connectivity index (χ0v) is 19.6. The lowest BCUT2D eigenvalue weighted by Gasteiger charge is -2.15. The summed E-state index contributed by atoms with van der Waals surface area (Å²) in [7, 11) is 0. The summed E-state index contributed by atoms with van der Waals surface area (Å²) >= 11 is 0. The monoisotopic (exact) mass is 440 g/mol. The second-order valence-corrected chi connectivity index (χ2v) is 8.15. The van der Waals surface area contributed by atoms with Gasteiger partial charge in [-0.05, 0) is 75.9 Å². The van der Waals surface area contributed by atoms with Crippen LogP contribution in [0.15, 0.2) is 48.5 Å². The molecule has 2 amide bonds. The van der Waals surface area contributed by atoms with Crippen LogP contribution in [0.4, 0.5) is 0 Å². The fourth-order valence-electron chi connectivity index (χ4n) is 3.21. The summed E-state index contributed by atoms with van der Waals surface area (Å²) in [4.78, 5) is 24.3. The smallest absolute Gasteiger partial charge is 0.260 e. The second kappa shape index (κ2) is 13.4. The molecule has 2 rings (SSSR count). The van der Waals surface area contributed by atoms with E-state index in [0.717, 1.165) is 36.8 Å². The normalized spacial score (nSPS) is 12.5. The maximum Gasteiger partial charge on any atom is 0.260 e. The van der Waals surface area contributed by atoms with Gasteiger partial charge in [0.15, 0.2) is 12.2 Å². The molecule has 0 aromatic heterocycles. The second-order valence-electron chi connectivity index (χ2n) is 8.15. The van der Waals surface area contributed by atoms with Gasteiger partial charge in [-0.25, -0.2) is 0 Å². The maximum atomic E-state index is 12.2. The molecule has 0 saturated carbocycles. The Labute approximate surface area is 191 Å². The predicted octanol–water partition coefficient (Wildman–Crippen LogP) is 4.33.